The molecular weight excluding hydrogens is 585 g/mol. The van der Waals surface area contributed by atoms with E-state index in [-0.39, 0.29) is 28.0 Å². The number of ether oxygens (including phenoxy) is 1. The molecule has 1 amide bonds. The Bertz CT molecular complexity index is 1640. The zero-order valence-corrected chi connectivity index (χ0v) is 26.4. The van der Waals surface area contributed by atoms with Gasteiger partial charge in [0.15, 0.2) is 0 Å². The minimum absolute atomic E-state index is 0.0725. The van der Waals surface area contributed by atoms with Gasteiger partial charge in [-0.15, -0.1) is 0 Å². The number of methoxy groups -OCH3 is 1. The van der Waals surface area contributed by atoms with Gasteiger partial charge in [-0.05, 0) is 88.9 Å². The number of halogens is 2. The Morgan fingerprint density at radius 1 is 1.09 bits per heavy atom. The lowest BCUT2D eigenvalue weighted by Crippen LogP contribution is -2.61. The molecule has 0 unspecified atom stereocenters. The SMILES string of the molecule is CO[C@H]1CC[C@@]2(C1)CN(c1ccc(Cl)c(F)c1)c1ccc(C(=O)N3CCN(c4cc(C)c(C(=O)O)c(C)n4)CC3(C)C)nc12. The lowest BCUT2D eigenvalue weighted by molar-refractivity contribution is 0.0506. The highest BCUT2D eigenvalue weighted by Gasteiger charge is 2.50. The van der Waals surface area contributed by atoms with Gasteiger partial charge in [0.2, 0.25) is 0 Å². The van der Waals surface area contributed by atoms with Crippen LogP contribution >= 0.6 is 11.6 Å². The standard InChI is InChI=1S/C33H37ClFN5O4/c1-19-14-27(36-20(2)28(19)31(42)43)38-12-13-40(32(3,4)17-38)30(41)25-8-9-26-29(37-25)33(11-10-22(16-33)44-5)18-39(26)21-6-7-23(34)24(35)15-21/h6-9,14-15,22H,10-13,16-18H2,1-5H3,(H,42,43)/t22-,33+/m0/s1. The summed E-state index contributed by atoms with van der Waals surface area (Å²) in [7, 11) is 1.72. The Labute approximate surface area is 261 Å². The number of anilines is 3. The lowest BCUT2D eigenvalue weighted by atomic mass is 9.84. The molecule has 9 nitrogen and oxygen atoms in total. The van der Waals surface area contributed by atoms with Crippen molar-refractivity contribution in [2.45, 2.75) is 64.0 Å². The first-order chi connectivity index (χ1) is 20.8. The molecule has 2 aromatic heterocycles. The summed E-state index contributed by atoms with van der Waals surface area (Å²) in [6, 6.07) is 10.3. The summed E-state index contributed by atoms with van der Waals surface area (Å²) in [5.74, 6) is -0.911. The highest BCUT2D eigenvalue weighted by molar-refractivity contribution is 6.30. The van der Waals surface area contributed by atoms with Crippen LogP contribution < -0.4 is 9.80 Å². The van der Waals surface area contributed by atoms with Crippen molar-refractivity contribution in [1.82, 2.24) is 14.9 Å². The Hall–Kier alpha value is -3.76. The molecule has 1 saturated carbocycles. The van der Waals surface area contributed by atoms with E-state index in [1.165, 1.54) is 6.07 Å². The van der Waals surface area contributed by atoms with Gasteiger partial charge in [0.05, 0.1) is 39.3 Å². The van der Waals surface area contributed by atoms with Crippen molar-refractivity contribution in [3.8, 4) is 0 Å². The van der Waals surface area contributed by atoms with Crippen LogP contribution in [0.3, 0.4) is 0 Å². The van der Waals surface area contributed by atoms with E-state index < -0.39 is 17.3 Å². The van der Waals surface area contributed by atoms with Gasteiger partial charge in [-0.25, -0.2) is 19.2 Å². The predicted octanol–water partition coefficient (Wildman–Crippen LogP) is 5.91. The molecule has 2 fully saturated rings. The number of piperazine rings is 1. The molecule has 1 aliphatic carbocycles. The zero-order chi connectivity index (χ0) is 31.6. The van der Waals surface area contributed by atoms with Crippen molar-refractivity contribution in [2.24, 2.45) is 0 Å². The van der Waals surface area contributed by atoms with Crippen LogP contribution in [-0.4, -0.2) is 76.8 Å². The van der Waals surface area contributed by atoms with Crippen LogP contribution in [0.4, 0.5) is 21.6 Å². The number of hydrogen-bond donors (Lipinski definition) is 1. The maximum absolute atomic E-state index is 14.5. The first-order valence-corrected chi connectivity index (χ1v) is 15.3. The summed E-state index contributed by atoms with van der Waals surface area (Å²) < 4.78 is 20.2. The highest BCUT2D eigenvalue weighted by atomic mass is 35.5. The van der Waals surface area contributed by atoms with Crippen LogP contribution in [0, 0.1) is 19.7 Å². The fourth-order valence-electron chi connectivity index (χ4n) is 7.32. The molecular formula is C33H37ClFN5O4. The second kappa shape index (κ2) is 11.0. The van der Waals surface area contributed by atoms with E-state index in [4.69, 9.17) is 21.3 Å². The van der Waals surface area contributed by atoms with Crippen LogP contribution in [0.5, 0.6) is 0 Å². The van der Waals surface area contributed by atoms with Crippen LogP contribution in [0.1, 0.15) is 70.9 Å². The van der Waals surface area contributed by atoms with E-state index in [0.29, 0.717) is 54.6 Å². The number of nitrogens with zero attached hydrogens (tertiary/aromatic N) is 5. The monoisotopic (exact) mass is 621 g/mol. The van der Waals surface area contributed by atoms with Crippen molar-refractivity contribution in [3.05, 3.63) is 75.4 Å². The van der Waals surface area contributed by atoms with Crippen LogP contribution in [0.15, 0.2) is 36.4 Å². The Balaban J connectivity index is 1.29. The number of aromatic carboxylic acids is 1. The largest absolute Gasteiger partial charge is 0.478 e. The first kappa shape index (κ1) is 30.3. The van der Waals surface area contributed by atoms with E-state index in [2.05, 4.69) is 14.8 Å². The average Bonchev–Trinajstić information content (AvgIpc) is 3.54. The number of amides is 1. The van der Waals surface area contributed by atoms with Gasteiger partial charge < -0.3 is 24.5 Å². The number of fused-ring (bicyclic) bond motifs is 2. The van der Waals surface area contributed by atoms with Crippen molar-refractivity contribution < 1.29 is 23.8 Å². The number of carbonyl (C=O) groups is 2. The predicted molar refractivity (Wildman–Crippen MR) is 167 cm³/mol. The Morgan fingerprint density at radius 3 is 2.50 bits per heavy atom. The summed E-state index contributed by atoms with van der Waals surface area (Å²) in [6.45, 7) is 9.68. The maximum atomic E-state index is 14.5. The summed E-state index contributed by atoms with van der Waals surface area (Å²) in [6.07, 6.45) is 2.59. The van der Waals surface area contributed by atoms with E-state index in [0.717, 1.165) is 30.6 Å². The molecule has 2 aliphatic heterocycles. The quantitative estimate of drug-likeness (QED) is 0.375. The number of benzene rings is 1. The fraction of sp³-hybridized carbons (Fsp3) is 0.455. The van der Waals surface area contributed by atoms with E-state index >= 15 is 0 Å². The number of carboxylic acids is 1. The second-order valence-electron chi connectivity index (χ2n) is 12.9. The number of aryl methyl sites for hydroxylation is 2. The minimum Gasteiger partial charge on any atom is -0.478 e. The summed E-state index contributed by atoms with van der Waals surface area (Å²) >= 11 is 5.98. The smallest absolute Gasteiger partial charge is 0.337 e. The molecule has 1 N–H and O–H groups in total. The molecule has 4 heterocycles. The molecule has 2 atom stereocenters. The number of aromatic nitrogens is 2. The third-order valence-corrected chi connectivity index (χ3v) is 9.83. The number of rotatable bonds is 5. The first-order valence-electron chi connectivity index (χ1n) is 14.9. The summed E-state index contributed by atoms with van der Waals surface area (Å²) in [5.41, 5.74) is 3.27. The molecule has 1 spiro atoms. The van der Waals surface area contributed by atoms with Gasteiger partial charge >= 0.3 is 5.97 Å². The topological polar surface area (TPSA) is 99.1 Å². The molecule has 1 saturated heterocycles. The zero-order valence-electron chi connectivity index (χ0n) is 25.7. The minimum atomic E-state index is -0.989. The Kier molecular flexibility index (Phi) is 7.57. The van der Waals surface area contributed by atoms with E-state index in [9.17, 15) is 19.1 Å². The van der Waals surface area contributed by atoms with Gasteiger partial charge in [0, 0.05) is 44.4 Å². The van der Waals surface area contributed by atoms with Crippen LogP contribution in [-0.2, 0) is 10.2 Å². The highest BCUT2D eigenvalue weighted by Crippen LogP contribution is 2.52. The van der Waals surface area contributed by atoms with E-state index in [1.54, 1.807) is 39.2 Å². The molecule has 44 heavy (non-hydrogen) atoms. The van der Waals surface area contributed by atoms with Crippen molar-refractivity contribution in [2.75, 3.05) is 43.1 Å². The molecule has 0 radical (unpaired) electrons. The van der Waals surface area contributed by atoms with Crippen molar-refractivity contribution in [1.29, 1.82) is 0 Å². The van der Waals surface area contributed by atoms with Gasteiger partial charge in [-0.3, -0.25) is 4.79 Å². The number of carbonyl (C=O) groups excluding carboxylic acids is 1. The normalized spacial score (nSPS) is 22.5. The lowest BCUT2D eigenvalue weighted by Gasteiger charge is -2.47. The number of carboxylic acid groups (broad SMARTS) is 1. The van der Waals surface area contributed by atoms with Crippen LogP contribution in [0.25, 0.3) is 0 Å². The molecule has 232 valence electrons. The molecule has 6 rings (SSSR count). The van der Waals surface area contributed by atoms with Crippen molar-refractivity contribution >= 4 is 40.7 Å². The summed E-state index contributed by atoms with van der Waals surface area (Å²) in [5, 5.41) is 9.62. The second-order valence-corrected chi connectivity index (χ2v) is 13.3. The Morgan fingerprint density at radius 2 is 1.86 bits per heavy atom. The van der Waals surface area contributed by atoms with Gasteiger partial charge in [0.1, 0.15) is 17.3 Å². The van der Waals surface area contributed by atoms with Gasteiger partial charge in [-0.1, -0.05) is 11.6 Å². The molecule has 0 bridgehead atoms. The number of hydrogen-bond acceptors (Lipinski definition) is 7. The molecule has 1 aromatic carbocycles. The number of pyridine rings is 2. The van der Waals surface area contributed by atoms with Gasteiger partial charge in [0.25, 0.3) is 5.91 Å². The molecule has 11 heteroatoms. The third-order valence-electron chi connectivity index (χ3n) is 9.53. The fourth-order valence-corrected chi connectivity index (χ4v) is 7.44. The maximum Gasteiger partial charge on any atom is 0.337 e. The van der Waals surface area contributed by atoms with Crippen molar-refractivity contribution in [3.63, 3.8) is 0 Å². The van der Waals surface area contributed by atoms with E-state index in [1.807, 2.05) is 30.9 Å². The van der Waals surface area contributed by atoms with Crippen LogP contribution in [0.2, 0.25) is 5.02 Å². The molecule has 3 aliphatic rings. The van der Waals surface area contributed by atoms with Gasteiger partial charge in [-0.2, -0.15) is 0 Å². The summed E-state index contributed by atoms with van der Waals surface area (Å²) in [4.78, 5) is 41.4. The third kappa shape index (κ3) is 5.07. The molecule has 3 aromatic rings. The average molecular weight is 622 g/mol.